The number of hydrogen-bond donors (Lipinski definition) is 1. The van der Waals surface area contributed by atoms with Gasteiger partial charge in [0, 0.05) is 26.0 Å². The summed E-state index contributed by atoms with van der Waals surface area (Å²) in [5.41, 5.74) is -0.638. The predicted octanol–water partition coefficient (Wildman–Crippen LogP) is 1.17. The van der Waals surface area contributed by atoms with Crippen LogP contribution in [0.5, 0.6) is 0 Å². The van der Waals surface area contributed by atoms with Crippen LogP contribution in [0.4, 0.5) is 0 Å². The van der Waals surface area contributed by atoms with Crippen LogP contribution in [0.3, 0.4) is 0 Å². The van der Waals surface area contributed by atoms with Crippen LogP contribution in [-0.4, -0.2) is 52.7 Å². The Morgan fingerprint density at radius 2 is 2.24 bits per heavy atom. The summed E-state index contributed by atoms with van der Waals surface area (Å²) in [4.78, 5) is 18.6. The minimum atomic E-state index is -0.638. The molecule has 1 aromatic heterocycles. The lowest BCUT2D eigenvalue weighted by atomic mass is 9.97. The molecule has 0 bridgehead atoms. The topological polar surface area (TPSA) is 59.4 Å². The molecule has 1 aromatic rings. The third-order valence-corrected chi connectivity index (χ3v) is 3.62. The molecule has 0 saturated heterocycles. The molecule has 0 aliphatic carbocycles. The zero-order valence-electron chi connectivity index (χ0n) is 13.8. The van der Waals surface area contributed by atoms with Gasteiger partial charge in [-0.2, -0.15) is 0 Å². The van der Waals surface area contributed by atoms with Crippen molar-refractivity contribution in [3.63, 3.8) is 0 Å². The van der Waals surface area contributed by atoms with Crippen LogP contribution in [0.1, 0.15) is 33.0 Å². The van der Waals surface area contributed by atoms with Gasteiger partial charge in [0.15, 0.2) is 0 Å². The Labute approximate surface area is 127 Å². The Balaban J connectivity index is 2.56. The second-order valence-electron chi connectivity index (χ2n) is 5.53. The molecule has 0 amide bonds. The number of carbonyl (C=O) groups is 1. The molecular formula is C15H28N4O2. The van der Waals surface area contributed by atoms with Crippen molar-refractivity contribution in [3.05, 3.63) is 18.2 Å². The molecule has 0 spiro atoms. The summed E-state index contributed by atoms with van der Waals surface area (Å²) in [6.07, 6.45) is 4.43. The number of aromatic nitrogens is 2. The first-order valence-corrected chi connectivity index (χ1v) is 7.50. The molecular weight excluding hydrogens is 268 g/mol. The van der Waals surface area contributed by atoms with Crippen molar-refractivity contribution in [2.24, 2.45) is 7.05 Å². The van der Waals surface area contributed by atoms with Gasteiger partial charge < -0.3 is 14.6 Å². The zero-order valence-corrected chi connectivity index (χ0v) is 13.8. The molecule has 0 aliphatic heterocycles. The lowest BCUT2D eigenvalue weighted by molar-refractivity contribution is -0.151. The number of rotatable bonds is 9. The number of nitrogens with zero attached hydrogens (tertiary/aromatic N) is 3. The number of hydrogen-bond acceptors (Lipinski definition) is 5. The van der Waals surface area contributed by atoms with Gasteiger partial charge in [0.05, 0.1) is 13.2 Å². The molecule has 6 heteroatoms. The summed E-state index contributed by atoms with van der Waals surface area (Å²) in [5.74, 6) is 0.830. The quantitative estimate of drug-likeness (QED) is 0.693. The maximum atomic E-state index is 12.1. The molecule has 0 radical (unpaired) electrons. The first-order valence-electron chi connectivity index (χ1n) is 7.50. The summed E-state index contributed by atoms with van der Waals surface area (Å²) in [6, 6.07) is 0. The molecule has 6 nitrogen and oxygen atoms in total. The predicted molar refractivity (Wildman–Crippen MR) is 82.9 cm³/mol. The monoisotopic (exact) mass is 296 g/mol. The van der Waals surface area contributed by atoms with E-state index in [0.29, 0.717) is 13.0 Å². The first kappa shape index (κ1) is 17.7. The van der Waals surface area contributed by atoms with Gasteiger partial charge in [0.1, 0.15) is 11.4 Å². The lowest BCUT2D eigenvalue weighted by Gasteiger charge is -2.30. The molecule has 21 heavy (non-hydrogen) atoms. The van der Waals surface area contributed by atoms with Crippen molar-refractivity contribution in [1.82, 2.24) is 19.8 Å². The van der Waals surface area contributed by atoms with Crippen LogP contribution < -0.4 is 5.32 Å². The van der Waals surface area contributed by atoms with Crippen molar-refractivity contribution in [2.45, 2.75) is 39.3 Å². The Kier molecular flexibility index (Phi) is 6.84. The largest absolute Gasteiger partial charge is 0.465 e. The van der Waals surface area contributed by atoms with Gasteiger partial charge in [-0.1, -0.05) is 6.92 Å². The van der Waals surface area contributed by atoms with Gasteiger partial charge in [-0.15, -0.1) is 0 Å². The highest BCUT2D eigenvalue weighted by atomic mass is 16.5. The van der Waals surface area contributed by atoms with Gasteiger partial charge in [0.25, 0.3) is 0 Å². The van der Waals surface area contributed by atoms with Crippen molar-refractivity contribution in [2.75, 3.05) is 26.7 Å². The molecule has 1 N–H and O–H groups in total. The van der Waals surface area contributed by atoms with Gasteiger partial charge in [-0.05, 0) is 33.9 Å². The van der Waals surface area contributed by atoms with Gasteiger partial charge in [-0.25, -0.2) is 4.98 Å². The van der Waals surface area contributed by atoms with E-state index in [1.54, 1.807) is 6.20 Å². The Morgan fingerprint density at radius 1 is 1.52 bits per heavy atom. The van der Waals surface area contributed by atoms with Crippen molar-refractivity contribution in [1.29, 1.82) is 0 Å². The summed E-state index contributed by atoms with van der Waals surface area (Å²) in [6.45, 7) is 8.42. The smallest absolute Gasteiger partial charge is 0.326 e. The maximum absolute atomic E-state index is 12.1. The fourth-order valence-electron chi connectivity index (χ4n) is 2.23. The number of aryl methyl sites for hydroxylation is 1. The van der Waals surface area contributed by atoms with Crippen LogP contribution in [-0.2, 0) is 23.1 Å². The number of ether oxygens (including phenoxy) is 1. The van der Waals surface area contributed by atoms with Gasteiger partial charge in [0.2, 0.25) is 0 Å². The lowest BCUT2D eigenvalue weighted by Crippen LogP contribution is -2.52. The minimum Gasteiger partial charge on any atom is -0.465 e. The van der Waals surface area contributed by atoms with E-state index < -0.39 is 5.54 Å². The number of carbonyl (C=O) groups excluding carboxylic acids is 1. The van der Waals surface area contributed by atoms with Crippen LogP contribution in [0.15, 0.2) is 12.4 Å². The molecule has 1 heterocycles. The SMILES string of the molecule is CCNC(C)(CCN(C)Cc1nccn1C)C(=O)OCC. The van der Waals surface area contributed by atoms with Crippen LogP contribution in [0.2, 0.25) is 0 Å². The van der Waals surface area contributed by atoms with E-state index in [2.05, 4.69) is 15.2 Å². The van der Waals surface area contributed by atoms with Gasteiger partial charge in [-0.3, -0.25) is 9.69 Å². The molecule has 0 aromatic carbocycles. The Hall–Kier alpha value is -1.40. The minimum absolute atomic E-state index is 0.183. The molecule has 0 aliphatic rings. The molecule has 120 valence electrons. The van der Waals surface area contributed by atoms with E-state index in [4.69, 9.17) is 4.74 Å². The van der Waals surface area contributed by atoms with E-state index in [1.807, 2.05) is 45.6 Å². The zero-order chi connectivity index (χ0) is 15.9. The second-order valence-corrected chi connectivity index (χ2v) is 5.53. The Morgan fingerprint density at radius 3 is 2.76 bits per heavy atom. The second kappa shape index (κ2) is 8.14. The number of likely N-dealkylation sites (N-methyl/N-ethyl adjacent to an activating group) is 1. The van der Waals surface area contributed by atoms with Crippen LogP contribution >= 0.6 is 0 Å². The average Bonchev–Trinajstić information content (AvgIpc) is 2.83. The number of nitrogens with one attached hydrogen (secondary N) is 1. The summed E-state index contributed by atoms with van der Waals surface area (Å²) < 4.78 is 7.19. The summed E-state index contributed by atoms with van der Waals surface area (Å²) >= 11 is 0. The number of esters is 1. The van der Waals surface area contributed by atoms with Crippen molar-refractivity contribution >= 4 is 5.97 Å². The fraction of sp³-hybridized carbons (Fsp3) is 0.733. The molecule has 1 rings (SSSR count). The standard InChI is InChI=1S/C15H28N4O2/c1-6-17-15(3,14(20)21-7-2)8-10-18(4)12-13-16-9-11-19(13)5/h9,11,17H,6-8,10,12H2,1-5H3. The van der Waals surface area contributed by atoms with Crippen LogP contribution in [0.25, 0.3) is 0 Å². The fourth-order valence-corrected chi connectivity index (χ4v) is 2.23. The van der Waals surface area contributed by atoms with E-state index in [-0.39, 0.29) is 5.97 Å². The van der Waals surface area contributed by atoms with E-state index >= 15 is 0 Å². The average molecular weight is 296 g/mol. The summed E-state index contributed by atoms with van der Waals surface area (Å²) in [5, 5.41) is 3.25. The summed E-state index contributed by atoms with van der Waals surface area (Å²) in [7, 11) is 4.02. The van der Waals surface area contributed by atoms with E-state index in [0.717, 1.165) is 25.5 Å². The molecule has 0 saturated carbocycles. The van der Waals surface area contributed by atoms with E-state index in [1.165, 1.54) is 0 Å². The Bertz CT molecular complexity index is 447. The van der Waals surface area contributed by atoms with Crippen molar-refractivity contribution < 1.29 is 9.53 Å². The third kappa shape index (κ3) is 5.13. The molecule has 0 fully saturated rings. The third-order valence-electron chi connectivity index (χ3n) is 3.62. The normalized spacial score (nSPS) is 14.2. The molecule has 1 unspecified atom stereocenters. The van der Waals surface area contributed by atoms with E-state index in [9.17, 15) is 4.79 Å². The maximum Gasteiger partial charge on any atom is 0.326 e. The molecule has 1 atom stereocenters. The highest BCUT2D eigenvalue weighted by molar-refractivity contribution is 5.80. The number of imidazole rings is 1. The highest BCUT2D eigenvalue weighted by Crippen LogP contribution is 2.14. The first-order chi connectivity index (χ1) is 9.92. The highest BCUT2D eigenvalue weighted by Gasteiger charge is 2.33. The van der Waals surface area contributed by atoms with Gasteiger partial charge >= 0.3 is 5.97 Å². The van der Waals surface area contributed by atoms with Crippen LogP contribution in [0, 0.1) is 0 Å². The van der Waals surface area contributed by atoms with Crippen molar-refractivity contribution in [3.8, 4) is 0 Å².